The number of amides is 1. The molecule has 4 rings (SSSR count). The first-order chi connectivity index (χ1) is 14.0. The number of nitrogens with one attached hydrogen (secondary N) is 1. The summed E-state index contributed by atoms with van der Waals surface area (Å²) in [6.45, 7) is 1.94. The molecule has 144 valence electrons. The number of rotatable bonds is 4. The molecular formula is C24H18Cl2N2O. The molecule has 0 radical (unpaired) electrons. The molecule has 0 saturated heterocycles. The summed E-state index contributed by atoms with van der Waals surface area (Å²) in [7, 11) is 0. The van der Waals surface area contributed by atoms with Gasteiger partial charge in [-0.1, -0.05) is 53.5 Å². The van der Waals surface area contributed by atoms with Gasteiger partial charge in [0.25, 0.3) is 5.91 Å². The van der Waals surface area contributed by atoms with Crippen LogP contribution in [0.3, 0.4) is 0 Å². The zero-order valence-corrected chi connectivity index (χ0v) is 17.2. The SMILES string of the molecule is Cc1c(C(=O)Nc2ccccc2)cc(-c2ccc(Cl)cc2)n1-c1ccc(Cl)cc1. The summed E-state index contributed by atoms with van der Waals surface area (Å²) in [5.74, 6) is -0.156. The maximum absolute atomic E-state index is 13.0. The maximum atomic E-state index is 13.0. The molecule has 4 aromatic rings. The third kappa shape index (κ3) is 4.07. The van der Waals surface area contributed by atoms with Gasteiger partial charge in [-0.05, 0) is 67.1 Å². The molecule has 0 spiro atoms. The smallest absolute Gasteiger partial charge is 0.257 e. The molecule has 3 aromatic carbocycles. The predicted molar refractivity (Wildman–Crippen MR) is 120 cm³/mol. The second-order valence-electron chi connectivity index (χ2n) is 6.67. The summed E-state index contributed by atoms with van der Waals surface area (Å²) in [6, 6.07) is 26.5. The third-order valence-corrected chi connectivity index (χ3v) is 5.25. The minimum atomic E-state index is -0.156. The van der Waals surface area contributed by atoms with Crippen LogP contribution < -0.4 is 5.32 Å². The lowest BCUT2D eigenvalue weighted by molar-refractivity contribution is 0.102. The van der Waals surface area contributed by atoms with Crippen molar-refractivity contribution in [2.75, 3.05) is 5.32 Å². The van der Waals surface area contributed by atoms with E-state index in [0.29, 0.717) is 15.6 Å². The van der Waals surface area contributed by atoms with E-state index < -0.39 is 0 Å². The van der Waals surface area contributed by atoms with Crippen molar-refractivity contribution in [3.63, 3.8) is 0 Å². The van der Waals surface area contributed by atoms with Gasteiger partial charge in [0, 0.05) is 27.1 Å². The largest absolute Gasteiger partial charge is 0.322 e. The fraction of sp³-hybridized carbons (Fsp3) is 0.0417. The quantitative estimate of drug-likeness (QED) is 0.378. The highest BCUT2D eigenvalue weighted by molar-refractivity contribution is 6.30. The summed E-state index contributed by atoms with van der Waals surface area (Å²) in [5.41, 5.74) is 4.99. The maximum Gasteiger partial charge on any atom is 0.257 e. The number of para-hydroxylation sites is 1. The first kappa shape index (κ1) is 19.3. The van der Waals surface area contributed by atoms with E-state index in [1.54, 1.807) is 0 Å². The van der Waals surface area contributed by atoms with Crippen molar-refractivity contribution in [1.29, 1.82) is 0 Å². The van der Waals surface area contributed by atoms with E-state index in [4.69, 9.17) is 23.2 Å². The van der Waals surface area contributed by atoms with Crippen LogP contribution in [-0.4, -0.2) is 10.5 Å². The van der Waals surface area contributed by atoms with Crippen molar-refractivity contribution in [1.82, 2.24) is 4.57 Å². The second kappa shape index (κ2) is 8.16. The molecule has 3 nitrogen and oxygen atoms in total. The fourth-order valence-corrected chi connectivity index (χ4v) is 3.56. The molecule has 1 heterocycles. The Balaban J connectivity index is 1.83. The van der Waals surface area contributed by atoms with Gasteiger partial charge in [0.1, 0.15) is 0 Å². The normalized spacial score (nSPS) is 10.7. The Bertz CT molecular complexity index is 1150. The molecule has 0 saturated carbocycles. The van der Waals surface area contributed by atoms with Crippen LogP contribution in [0.1, 0.15) is 16.1 Å². The highest BCUT2D eigenvalue weighted by atomic mass is 35.5. The van der Waals surface area contributed by atoms with Crippen molar-refractivity contribution >= 4 is 34.8 Å². The molecule has 0 fully saturated rings. The molecular weight excluding hydrogens is 403 g/mol. The highest BCUT2D eigenvalue weighted by Gasteiger charge is 2.20. The van der Waals surface area contributed by atoms with Gasteiger partial charge in [-0.2, -0.15) is 0 Å². The number of anilines is 1. The number of benzene rings is 3. The highest BCUT2D eigenvalue weighted by Crippen LogP contribution is 2.31. The first-order valence-corrected chi connectivity index (χ1v) is 9.89. The summed E-state index contributed by atoms with van der Waals surface area (Å²) in [6.07, 6.45) is 0. The van der Waals surface area contributed by atoms with E-state index >= 15 is 0 Å². The number of halogens is 2. The molecule has 0 aliphatic heterocycles. The monoisotopic (exact) mass is 420 g/mol. The summed E-state index contributed by atoms with van der Waals surface area (Å²) >= 11 is 12.1. The fourth-order valence-electron chi connectivity index (χ4n) is 3.31. The number of nitrogens with zero attached hydrogens (tertiary/aromatic N) is 1. The van der Waals surface area contributed by atoms with Gasteiger partial charge in [0.15, 0.2) is 0 Å². The zero-order chi connectivity index (χ0) is 20.4. The molecule has 1 aromatic heterocycles. The van der Waals surface area contributed by atoms with Crippen LogP contribution in [0.2, 0.25) is 10.0 Å². The standard InChI is InChI=1S/C24H18Cl2N2O/c1-16-22(24(29)27-20-5-3-2-4-6-20)15-23(17-7-9-18(25)10-8-17)28(16)21-13-11-19(26)12-14-21/h2-15H,1H3,(H,27,29). The lowest BCUT2D eigenvalue weighted by Gasteiger charge is -2.13. The van der Waals surface area contributed by atoms with Crippen molar-refractivity contribution < 1.29 is 4.79 Å². The van der Waals surface area contributed by atoms with Gasteiger partial charge in [0.05, 0.1) is 11.3 Å². The van der Waals surface area contributed by atoms with Gasteiger partial charge in [0.2, 0.25) is 0 Å². The van der Waals surface area contributed by atoms with E-state index in [2.05, 4.69) is 9.88 Å². The van der Waals surface area contributed by atoms with Gasteiger partial charge in [-0.25, -0.2) is 0 Å². The Morgan fingerprint density at radius 1 is 0.828 bits per heavy atom. The van der Waals surface area contributed by atoms with Crippen LogP contribution in [-0.2, 0) is 0 Å². The van der Waals surface area contributed by atoms with Crippen LogP contribution >= 0.6 is 23.2 Å². The molecule has 5 heteroatoms. The molecule has 29 heavy (non-hydrogen) atoms. The Hall–Kier alpha value is -3.01. The van der Waals surface area contributed by atoms with Crippen LogP contribution in [0, 0.1) is 6.92 Å². The third-order valence-electron chi connectivity index (χ3n) is 4.75. The van der Waals surface area contributed by atoms with E-state index in [1.165, 1.54) is 0 Å². The molecule has 0 bridgehead atoms. The van der Waals surface area contributed by atoms with Gasteiger partial charge in [-0.3, -0.25) is 4.79 Å². The van der Waals surface area contributed by atoms with Crippen molar-refractivity contribution in [3.8, 4) is 16.9 Å². The number of hydrogen-bond donors (Lipinski definition) is 1. The minimum absolute atomic E-state index is 0.156. The van der Waals surface area contributed by atoms with Gasteiger partial charge in [-0.15, -0.1) is 0 Å². The molecule has 1 amide bonds. The predicted octanol–water partition coefficient (Wildman–Crippen LogP) is 7.01. The van der Waals surface area contributed by atoms with Gasteiger partial charge < -0.3 is 9.88 Å². The van der Waals surface area contributed by atoms with Crippen LogP contribution in [0.5, 0.6) is 0 Å². The lowest BCUT2D eigenvalue weighted by atomic mass is 10.1. The summed E-state index contributed by atoms with van der Waals surface area (Å²) in [5, 5.41) is 4.29. The average Bonchev–Trinajstić information content (AvgIpc) is 3.07. The van der Waals surface area contributed by atoms with E-state index in [0.717, 1.165) is 28.3 Å². The topological polar surface area (TPSA) is 34.0 Å². The molecule has 0 atom stereocenters. The lowest BCUT2D eigenvalue weighted by Crippen LogP contribution is -2.13. The number of aromatic nitrogens is 1. The summed E-state index contributed by atoms with van der Waals surface area (Å²) in [4.78, 5) is 13.0. The average molecular weight is 421 g/mol. The van der Waals surface area contributed by atoms with E-state index in [9.17, 15) is 4.79 Å². The molecule has 0 aliphatic rings. The van der Waals surface area contributed by atoms with E-state index in [-0.39, 0.29) is 5.91 Å². The molecule has 1 N–H and O–H groups in total. The van der Waals surface area contributed by atoms with Crippen molar-refractivity contribution in [3.05, 3.63) is 106 Å². The van der Waals surface area contributed by atoms with Crippen LogP contribution in [0.15, 0.2) is 84.9 Å². The Kier molecular flexibility index (Phi) is 5.43. The Morgan fingerprint density at radius 3 is 2.03 bits per heavy atom. The number of carbonyl (C=O) groups is 1. The second-order valence-corrected chi connectivity index (χ2v) is 7.54. The number of hydrogen-bond acceptors (Lipinski definition) is 1. The van der Waals surface area contributed by atoms with Crippen LogP contribution in [0.25, 0.3) is 16.9 Å². The van der Waals surface area contributed by atoms with E-state index in [1.807, 2.05) is 91.9 Å². The Labute approximate surface area is 179 Å². The zero-order valence-electron chi connectivity index (χ0n) is 15.7. The van der Waals surface area contributed by atoms with Crippen LogP contribution in [0.4, 0.5) is 5.69 Å². The molecule has 0 unspecified atom stereocenters. The number of carbonyl (C=O) groups excluding carboxylic acids is 1. The van der Waals surface area contributed by atoms with Crippen molar-refractivity contribution in [2.24, 2.45) is 0 Å². The van der Waals surface area contributed by atoms with Gasteiger partial charge >= 0.3 is 0 Å². The summed E-state index contributed by atoms with van der Waals surface area (Å²) < 4.78 is 2.06. The van der Waals surface area contributed by atoms with Crippen molar-refractivity contribution in [2.45, 2.75) is 6.92 Å². The molecule has 0 aliphatic carbocycles. The first-order valence-electron chi connectivity index (χ1n) is 9.13. The Morgan fingerprint density at radius 2 is 1.41 bits per heavy atom. The minimum Gasteiger partial charge on any atom is -0.322 e.